The van der Waals surface area contributed by atoms with E-state index in [1.54, 1.807) is 18.3 Å². The van der Waals surface area contributed by atoms with Crippen molar-refractivity contribution in [1.29, 1.82) is 0 Å². The van der Waals surface area contributed by atoms with Crippen LogP contribution in [0.15, 0.2) is 18.3 Å². The number of nitrogens with zero attached hydrogens (tertiary/aromatic N) is 1. The number of hydrogen-bond acceptors (Lipinski definition) is 4. The van der Waals surface area contributed by atoms with Crippen molar-refractivity contribution in [3.8, 4) is 5.88 Å². The number of ether oxygens (including phenoxy) is 2. The van der Waals surface area contributed by atoms with Crippen molar-refractivity contribution in [2.75, 3.05) is 13.2 Å². The Labute approximate surface area is 119 Å². The predicted octanol–water partition coefficient (Wildman–Crippen LogP) is 2.17. The van der Waals surface area contributed by atoms with Crippen molar-refractivity contribution in [1.82, 2.24) is 10.3 Å². The fraction of sp³-hybridized carbons (Fsp3) is 0.600. The first-order valence-electron chi connectivity index (χ1n) is 7.20. The Hall–Kier alpha value is -1.62. The molecule has 2 rings (SSSR count). The fourth-order valence-electron chi connectivity index (χ4n) is 1.96. The zero-order chi connectivity index (χ0) is 14.4. The van der Waals surface area contributed by atoms with Gasteiger partial charge in [-0.15, -0.1) is 0 Å². The lowest BCUT2D eigenvalue weighted by Crippen LogP contribution is -2.32. The van der Waals surface area contributed by atoms with Crippen molar-refractivity contribution >= 4 is 5.91 Å². The fourth-order valence-corrected chi connectivity index (χ4v) is 1.96. The number of rotatable bonds is 5. The van der Waals surface area contributed by atoms with Crippen LogP contribution in [-0.4, -0.2) is 36.3 Å². The van der Waals surface area contributed by atoms with E-state index in [9.17, 15) is 4.79 Å². The van der Waals surface area contributed by atoms with Crippen LogP contribution in [0.5, 0.6) is 5.88 Å². The molecular formula is C15H22N2O3. The second kappa shape index (κ2) is 7.24. The molecule has 1 amide bonds. The minimum atomic E-state index is -0.0931. The van der Waals surface area contributed by atoms with Crippen LogP contribution in [0.2, 0.25) is 0 Å². The molecule has 1 aliphatic rings. The summed E-state index contributed by atoms with van der Waals surface area (Å²) in [5.74, 6) is 0.474. The Morgan fingerprint density at radius 3 is 2.85 bits per heavy atom. The standard InChI is InChI=1S/C15H22N2O3/c1-3-11(2)17-15(18)12-4-5-14(16-10-12)20-13-6-8-19-9-7-13/h4-5,10-11,13H,3,6-9H2,1-2H3,(H,17,18). The van der Waals surface area contributed by atoms with Gasteiger partial charge in [0.1, 0.15) is 6.10 Å². The van der Waals surface area contributed by atoms with Gasteiger partial charge in [0.15, 0.2) is 0 Å². The number of aromatic nitrogens is 1. The third-order valence-electron chi connectivity index (χ3n) is 3.44. The molecule has 1 fully saturated rings. The normalized spacial score (nSPS) is 17.5. The Morgan fingerprint density at radius 2 is 2.25 bits per heavy atom. The molecule has 1 aliphatic heterocycles. The van der Waals surface area contributed by atoms with Crippen LogP contribution in [0.25, 0.3) is 0 Å². The molecule has 0 bridgehead atoms. The molecule has 0 spiro atoms. The van der Waals surface area contributed by atoms with Gasteiger partial charge in [0.05, 0.1) is 18.8 Å². The first-order valence-corrected chi connectivity index (χ1v) is 7.20. The maximum Gasteiger partial charge on any atom is 0.253 e. The van der Waals surface area contributed by atoms with E-state index < -0.39 is 0 Å². The highest BCUT2D eigenvalue weighted by atomic mass is 16.5. The van der Waals surface area contributed by atoms with Crippen LogP contribution in [0.1, 0.15) is 43.5 Å². The average Bonchev–Trinajstić information content (AvgIpc) is 2.49. The highest BCUT2D eigenvalue weighted by molar-refractivity contribution is 5.94. The van der Waals surface area contributed by atoms with Crippen LogP contribution in [0.3, 0.4) is 0 Å². The van der Waals surface area contributed by atoms with Crippen LogP contribution in [-0.2, 0) is 4.74 Å². The van der Waals surface area contributed by atoms with Gasteiger partial charge >= 0.3 is 0 Å². The van der Waals surface area contributed by atoms with Crippen molar-refractivity contribution in [2.24, 2.45) is 0 Å². The number of carbonyl (C=O) groups excluding carboxylic acids is 1. The molecule has 5 heteroatoms. The second-order valence-electron chi connectivity index (χ2n) is 5.10. The highest BCUT2D eigenvalue weighted by Crippen LogP contribution is 2.16. The monoisotopic (exact) mass is 278 g/mol. The maximum atomic E-state index is 11.9. The van der Waals surface area contributed by atoms with E-state index in [0.29, 0.717) is 11.4 Å². The summed E-state index contributed by atoms with van der Waals surface area (Å²) in [6.45, 7) is 5.49. The van der Waals surface area contributed by atoms with E-state index in [1.165, 1.54) is 0 Å². The maximum absolute atomic E-state index is 11.9. The van der Waals surface area contributed by atoms with Crippen molar-refractivity contribution in [3.63, 3.8) is 0 Å². The Morgan fingerprint density at radius 1 is 1.50 bits per heavy atom. The lowest BCUT2D eigenvalue weighted by atomic mass is 10.1. The molecule has 1 saturated heterocycles. The topological polar surface area (TPSA) is 60.5 Å². The summed E-state index contributed by atoms with van der Waals surface area (Å²) in [6.07, 6.45) is 4.41. The predicted molar refractivity (Wildman–Crippen MR) is 75.9 cm³/mol. The van der Waals surface area contributed by atoms with Gasteiger partial charge < -0.3 is 14.8 Å². The van der Waals surface area contributed by atoms with E-state index in [4.69, 9.17) is 9.47 Å². The van der Waals surface area contributed by atoms with Gasteiger partial charge in [-0.1, -0.05) is 6.92 Å². The van der Waals surface area contributed by atoms with Gasteiger partial charge in [-0.25, -0.2) is 4.98 Å². The zero-order valence-electron chi connectivity index (χ0n) is 12.1. The van der Waals surface area contributed by atoms with Crippen LogP contribution in [0, 0.1) is 0 Å². The van der Waals surface area contributed by atoms with Gasteiger partial charge in [0, 0.05) is 31.1 Å². The molecule has 0 radical (unpaired) electrons. The quantitative estimate of drug-likeness (QED) is 0.896. The first kappa shape index (κ1) is 14.8. The summed E-state index contributed by atoms with van der Waals surface area (Å²) in [5.41, 5.74) is 0.560. The molecule has 1 aromatic rings. The molecule has 110 valence electrons. The molecule has 0 aromatic carbocycles. The minimum absolute atomic E-state index is 0.0931. The number of pyridine rings is 1. The van der Waals surface area contributed by atoms with Crippen LogP contribution < -0.4 is 10.1 Å². The molecular weight excluding hydrogens is 256 g/mol. The lowest BCUT2D eigenvalue weighted by molar-refractivity contribution is 0.0237. The lowest BCUT2D eigenvalue weighted by Gasteiger charge is -2.22. The highest BCUT2D eigenvalue weighted by Gasteiger charge is 2.16. The summed E-state index contributed by atoms with van der Waals surface area (Å²) in [6, 6.07) is 3.67. The summed E-state index contributed by atoms with van der Waals surface area (Å²) < 4.78 is 11.1. The van der Waals surface area contributed by atoms with E-state index in [0.717, 1.165) is 32.5 Å². The van der Waals surface area contributed by atoms with Gasteiger partial charge in [0.2, 0.25) is 5.88 Å². The van der Waals surface area contributed by atoms with Crippen molar-refractivity contribution in [3.05, 3.63) is 23.9 Å². The largest absolute Gasteiger partial charge is 0.474 e. The van der Waals surface area contributed by atoms with E-state index >= 15 is 0 Å². The van der Waals surface area contributed by atoms with E-state index in [1.807, 2.05) is 13.8 Å². The molecule has 1 unspecified atom stereocenters. The summed E-state index contributed by atoms with van der Waals surface area (Å²) in [7, 11) is 0. The smallest absolute Gasteiger partial charge is 0.253 e. The van der Waals surface area contributed by atoms with E-state index in [2.05, 4.69) is 10.3 Å². The molecule has 0 aliphatic carbocycles. The summed E-state index contributed by atoms with van der Waals surface area (Å²) in [4.78, 5) is 16.1. The first-order chi connectivity index (χ1) is 9.69. The number of amides is 1. The third kappa shape index (κ3) is 4.20. The van der Waals surface area contributed by atoms with Gasteiger partial charge in [-0.05, 0) is 19.4 Å². The summed E-state index contributed by atoms with van der Waals surface area (Å²) >= 11 is 0. The molecule has 5 nitrogen and oxygen atoms in total. The Balaban J connectivity index is 1.90. The second-order valence-corrected chi connectivity index (χ2v) is 5.10. The zero-order valence-corrected chi connectivity index (χ0v) is 12.1. The van der Waals surface area contributed by atoms with Crippen LogP contribution in [0.4, 0.5) is 0 Å². The molecule has 0 saturated carbocycles. The number of hydrogen-bond donors (Lipinski definition) is 1. The van der Waals surface area contributed by atoms with Crippen molar-refractivity contribution < 1.29 is 14.3 Å². The van der Waals surface area contributed by atoms with Gasteiger partial charge in [-0.2, -0.15) is 0 Å². The molecule has 20 heavy (non-hydrogen) atoms. The van der Waals surface area contributed by atoms with Crippen LogP contribution >= 0.6 is 0 Å². The van der Waals surface area contributed by atoms with Crippen molar-refractivity contribution in [2.45, 2.75) is 45.3 Å². The Bertz CT molecular complexity index is 427. The van der Waals surface area contributed by atoms with Gasteiger partial charge in [0.25, 0.3) is 5.91 Å². The number of carbonyl (C=O) groups is 1. The average molecular weight is 278 g/mol. The Kier molecular flexibility index (Phi) is 5.35. The molecule has 1 atom stereocenters. The molecule has 2 heterocycles. The van der Waals surface area contributed by atoms with Gasteiger partial charge in [-0.3, -0.25) is 4.79 Å². The van der Waals surface area contributed by atoms with E-state index in [-0.39, 0.29) is 18.1 Å². The molecule has 1 aromatic heterocycles. The number of nitrogens with one attached hydrogen (secondary N) is 1. The summed E-state index contributed by atoms with van der Waals surface area (Å²) in [5, 5.41) is 2.91. The third-order valence-corrected chi connectivity index (χ3v) is 3.44. The SMILES string of the molecule is CCC(C)NC(=O)c1ccc(OC2CCOCC2)nc1. The minimum Gasteiger partial charge on any atom is -0.474 e. The molecule has 1 N–H and O–H groups in total.